The average molecular weight is 725 g/mol. The SMILES string of the molecule is CC/C=C\C/C=C\C/C=C\C/C=C\CCC(=O)OCC(COCCCCCCCC/C=C\C/C=C\CCCCC)OC(=O)CCCCCCCCC. The number of esters is 2. The van der Waals surface area contributed by atoms with Crippen molar-refractivity contribution in [3.63, 3.8) is 0 Å². The van der Waals surface area contributed by atoms with E-state index < -0.39 is 6.10 Å². The van der Waals surface area contributed by atoms with Crippen LogP contribution >= 0.6 is 0 Å². The number of rotatable bonds is 38. The highest BCUT2D eigenvalue weighted by molar-refractivity contribution is 5.70. The van der Waals surface area contributed by atoms with Crippen LogP contribution in [-0.2, 0) is 23.8 Å². The van der Waals surface area contributed by atoms with Crippen LogP contribution < -0.4 is 0 Å². The topological polar surface area (TPSA) is 61.8 Å². The van der Waals surface area contributed by atoms with Gasteiger partial charge in [-0.1, -0.05) is 171 Å². The summed E-state index contributed by atoms with van der Waals surface area (Å²) in [6, 6.07) is 0. The summed E-state index contributed by atoms with van der Waals surface area (Å²) in [7, 11) is 0. The fourth-order valence-electron chi connectivity index (χ4n) is 5.55. The largest absolute Gasteiger partial charge is 0.462 e. The van der Waals surface area contributed by atoms with E-state index >= 15 is 0 Å². The molecule has 0 rings (SSSR count). The zero-order valence-corrected chi connectivity index (χ0v) is 34.1. The summed E-state index contributed by atoms with van der Waals surface area (Å²) in [4.78, 5) is 25.0. The molecule has 0 aliphatic carbocycles. The Kier molecular flexibility index (Phi) is 40.6. The van der Waals surface area contributed by atoms with E-state index in [2.05, 4.69) is 87.6 Å². The number of hydrogen-bond acceptors (Lipinski definition) is 5. The quantitative estimate of drug-likeness (QED) is 0.0360. The van der Waals surface area contributed by atoms with Gasteiger partial charge in [-0.2, -0.15) is 0 Å². The smallest absolute Gasteiger partial charge is 0.306 e. The van der Waals surface area contributed by atoms with Gasteiger partial charge in [-0.05, 0) is 77.0 Å². The third kappa shape index (κ3) is 40.1. The summed E-state index contributed by atoms with van der Waals surface area (Å²) in [5.74, 6) is -0.507. The van der Waals surface area contributed by atoms with Crippen LogP contribution in [0.4, 0.5) is 0 Å². The highest BCUT2D eigenvalue weighted by atomic mass is 16.6. The number of ether oxygens (including phenoxy) is 3. The Labute approximate surface area is 321 Å². The Bertz CT molecular complexity index is 957. The first-order chi connectivity index (χ1) is 25.6. The van der Waals surface area contributed by atoms with Crippen molar-refractivity contribution in [3.05, 3.63) is 72.9 Å². The monoisotopic (exact) mass is 725 g/mol. The molecule has 0 aromatic heterocycles. The minimum atomic E-state index is -0.567. The van der Waals surface area contributed by atoms with Crippen molar-refractivity contribution in [1.82, 2.24) is 0 Å². The summed E-state index contributed by atoms with van der Waals surface area (Å²) in [5.41, 5.74) is 0. The zero-order valence-electron chi connectivity index (χ0n) is 34.1. The first-order valence-corrected chi connectivity index (χ1v) is 21.5. The van der Waals surface area contributed by atoms with E-state index in [4.69, 9.17) is 14.2 Å². The summed E-state index contributed by atoms with van der Waals surface area (Å²) in [5, 5.41) is 0. The van der Waals surface area contributed by atoms with Gasteiger partial charge in [0.2, 0.25) is 0 Å². The van der Waals surface area contributed by atoms with Crippen LogP contribution in [0, 0.1) is 0 Å². The molecule has 1 atom stereocenters. The second kappa shape index (κ2) is 42.8. The van der Waals surface area contributed by atoms with Crippen LogP contribution in [-0.4, -0.2) is 37.9 Å². The Hall–Kier alpha value is -2.66. The molecule has 5 nitrogen and oxygen atoms in total. The van der Waals surface area contributed by atoms with Crippen LogP contribution in [0.3, 0.4) is 0 Å². The highest BCUT2D eigenvalue weighted by Crippen LogP contribution is 2.11. The zero-order chi connectivity index (χ0) is 37.8. The Morgan fingerprint density at radius 2 is 0.904 bits per heavy atom. The molecular weight excluding hydrogens is 645 g/mol. The lowest BCUT2D eigenvalue weighted by Gasteiger charge is -2.18. The lowest BCUT2D eigenvalue weighted by atomic mass is 10.1. The Morgan fingerprint density at radius 3 is 1.50 bits per heavy atom. The normalized spacial score (nSPS) is 12.9. The molecule has 0 saturated heterocycles. The Morgan fingerprint density at radius 1 is 0.442 bits per heavy atom. The number of allylic oxidation sites excluding steroid dienone is 12. The molecule has 0 aliphatic heterocycles. The average Bonchev–Trinajstić information content (AvgIpc) is 3.14. The maximum atomic E-state index is 12.6. The molecule has 5 heteroatoms. The second-order valence-electron chi connectivity index (χ2n) is 13.9. The fraction of sp³-hybridized carbons (Fsp3) is 0.702. The van der Waals surface area contributed by atoms with Crippen molar-refractivity contribution < 1.29 is 23.8 Å². The Balaban J connectivity index is 4.29. The molecule has 0 aromatic carbocycles. The van der Waals surface area contributed by atoms with E-state index in [-0.39, 0.29) is 25.2 Å². The molecule has 0 fully saturated rings. The predicted molar refractivity (Wildman–Crippen MR) is 224 cm³/mol. The maximum absolute atomic E-state index is 12.6. The van der Waals surface area contributed by atoms with Gasteiger partial charge in [0.25, 0.3) is 0 Å². The third-order valence-corrected chi connectivity index (χ3v) is 8.74. The van der Waals surface area contributed by atoms with E-state index in [1.807, 2.05) is 6.08 Å². The standard InChI is InChI=1S/C47H80O5/c1-4-7-10-13-16-18-20-22-23-24-26-28-30-33-36-39-42-50-43-45(52-47(49)41-38-35-31-15-12-9-6-3)44-51-46(48)40-37-34-32-29-27-25-21-19-17-14-11-8-5-2/h8,11,16-19,22-23,25,27,32,34,45H,4-7,9-10,12-15,20-21,24,26,28-31,33,35-44H2,1-3H3/b11-8-,18-16-,19-17-,23-22-,27-25-,34-32-. The summed E-state index contributed by atoms with van der Waals surface area (Å²) in [6.45, 7) is 7.53. The van der Waals surface area contributed by atoms with Crippen LogP contribution in [0.5, 0.6) is 0 Å². The van der Waals surface area contributed by atoms with E-state index in [1.54, 1.807) is 0 Å². The minimum absolute atomic E-state index is 0.0412. The van der Waals surface area contributed by atoms with Gasteiger partial charge in [0, 0.05) is 19.4 Å². The molecule has 0 N–H and O–H groups in total. The first kappa shape index (κ1) is 49.3. The van der Waals surface area contributed by atoms with Crippen molar-refractivity contribution in [1.29, 1.82) is 0 Å². The van der Waals surface area contributed by atoms with Crippen LogP contribution in [0.2, 0.25) is 0 Å². The molecule has 298 valence electrons. The number of hydrogen-bond donors (Lipinski definition) is 0. The molecule has 0 radical (unpaired) electrons. The van der Waals surface area contributed by atoms with Crippen molar-refractivity contribution in [2.24, 2.45) is 0 Å². The van der Waals surface area contributed by atoms with Crippen LogP contribution in [0.15, 0.2) is 72.9 Å². The first-order valence-electron chi connectivity index (χ1n) is 21.5. The van der Waals surface area contributed by atoms with Crippen molar-refractivity contribution >= 4 is 11.9 Å². The third-order valence-electron chi connectivity index (χ3n) is 8.74. The van der Waals surface area contributed by atoms with Crippen LogP contribution in [0.25, 0.3) is 0 Å². The van der Waals surface area contributed by atoms with E-state index in [9.17, 15) is 9.59 Å². The van der Waals surface area contributed by atoms with E-state index in [1.165, 1.54) is 83.5 Å². The number of carbonyl (C=O) groups excluding carboxylic acids is 2. The second-order valence-corrected chi connectivity index (χ2v) is 13.9. The predicted octanol–water partition coefficient (Wildman–Crippen LogP) is 14.0. The molecule has 0 aromatic rings. The molecule has 0 amide bonds. The maximum Gasteiger partial charge on any atom is 0.306 e. The molecule has 52 heavy (non-hydrogen) atoms. The number of carbonyl (C=O) groups is 2. The molecule has 0 heterocycles. The van der Waals surface area contributed by atoms with Gasteiger partial charge >= 0.3 is 11.9 Å². The van der Waals surface area contributed by atoms with Gasteiger partial charge in [-0.25, -0.2) is 0 Å². The summed E-state index contributed by atoms with van der Waals surface area (Å²) in [6.07, 6.45) is 53.5. The summed E-state index contributed by atoms with van der Waals surface area (Å²) < 4.78 is 17.1. The van der Waals surface area contributed by atoms with Gasteiger partial charge in [0.15, 0.2) is 6.10 Å². The van der Waals surface area contributed by atoms with E-state index in [0.29, 0.717) is 25.9 Å². The molecule has 1 unspecified atom stereocenters. The van der Waals surface area contributed by atoms with E-state index in [0.717, 1.165) is 64.2 Å². The molecular formula is C47H80O5. The molecule has 0 bridgehead atoms. The van der Waals surface area contributed by atoms with Gasteiger partial charge in [0.1, 0.15) is 6.61 Å². The lowest BCUT2D eigenvalue weighted by molar-refractivity contribution is -0.162. The van der Waals surface area contributed by atoms with Gasteiger partial charge in [-0.15, -0.1) is 0 Å². The van der Waals surface area contributed by atoms with Crippen LogP contribution in [0.1, 0.15) is 188 Å². The molecule has 0 aliphatic rings. The number of unbranched alkanes of at least 4 members (excludes halogenated alkanes) is 15. The minimum Gasteiger partial charge on any atom is -0.462 e. The van der Waals surface area contributed by atoms with Gasteiger partial charge in [0.05, 0.1) is 6.61 Å². The van der Waals surface area contributed by atoms with Crippen molar-refractivity contribution in [2.45, 2.75) is 194 Å². The fourth-order valence-corrected chi connectivity index (χ4v) is 5.55. The van der Waals surface area contributed by atoms with Gasteiger partial charge in [-0.3, -0.25) is 9.59 Å². The van der Waals surface area contributed by atoms with Gasteiger partial charge < -0.3 is 14.2 Å². The summed E-state index contributed by atoms with van der Waals surface area (Å²) >= 11 is 0. The molecule has 0 saturated carbocycles. The van der Waals surface area contributed by atoms with Crippen molar-refractivity contribution in [2.75, 3.05) is 19.8 Å². The van der Waals surface area contributed by atoms with Crippen molar-refractivity contribution in [3.8, 4) is 0 Å². The molecule has 0 spiro atoms. The highest BCUT2D eigenvalue weighted by Gasteiger charge is 2.17. The lowest BCUT2D eigenvalue weighted by Crippen LogP contribution is -2.30.